The largest absolute Gasteiger partial charge is 0.360 e. The van der Waals surface area contributed by atoms with E-state index < -0.39 is 0 Å². The van der Waals surface area contributed by atoms with Crippen LogP contribution in [0.4, 0.5) is 5.82 Å². The molecular formula is C17H24N4O3. The highest BCUT2D eigenvalue weighted by molar-refractivity contribution is 5.91. The number of likely N-dealkylation sites (tertiary alicyclic amines) is 1. The van der Waals surface area contributed by atoms with Gasteiger partial charge in [0.25, 0.3) is 0 Å². The van der Waals surface area contributed by atoms with Gasteiger partial charge in [-0.25, -0.2) is 0 Å². The number of nitrogens with one attached hydrogen (secondary N) is 1. The summed E-state index contributed by atoms with van der Waals surface area (Å²) >= 11 is 0. The zero-order valence-corrected chi connectivity index (χ0v) is 14.2. The van der Waals surface area contributed by atoms with Gasteiger partial charge in [0.2, 0.25) is 11.8 Å². The Morgan fingerprint density at radius 1 is 1.38 bits per heavy atom. The molecule has 2 aliphatic heterocycles. The number of rotatable bonds is 3. The lowest BCUT2D eigenvalue weighted by Crippen LogP contribution is -2.49. The Morgan fingerprint density at radius 2 is 2.12 bits per heavy atom. The van der Waals surface area contributed by atoms with Crippen LogP contribution in [0.3, 0.4) is 0 Å². The Hall–Kier alpha value is -2.15. The topological polar surface area (TPSA) is 78.7 Å². The number of anilines is 1. The number of likely N-dealkylation sites (N-methyl/N-ethyl adjacent to an activating group) is 1. The number of piperidine rings is 1. The second kappa shape index (κ2) is 6.76. The molecule has 0 saturated carbocycles. The van der Waals surface area contributed by atoms with Gasteiger partial charge >= 0.3 is 0 Å². The van der Waals surface area contributed by atoms with Crippen molar-refractivity contribution in [3.8, 4) is 0 Å². The number of nitrogens with zero attached hydrogens (tertiary/aromatic N) is 3. The number of amides is 2. The summed E-state index contributed by atoms with van der Waals surface area (Å²) in [6.07, 6.45) is 6.56. The van der Waals surface area contributed by atoms with Crippen molar-refractivity contribution in [3.05, 3.63) is 24.0 Å². The molecule has 2 amide bonds. The molecule has 1 aromatic heterocycles. The molecule has 3 rings (SSSR count). The molecule has 3 heterocycles. The van der Waals surface area contributed by atoms with Crippen LogP contribution in [0.2, 0.25) is 0 Å². The molecule has 7 heteroatoms. The first-order chi connectivity index (χ1) is 11.5. The van der Waals surface area contributed by atoms with Crippen LogP contribution in [0.25, 0.3) is 0 Å². The van der Waals surface area contributed by atoms with E-state index in [1.54, 1.807) is 17.9 Å². The van der Waals surface area contributed by atoms with Crippen molar-refractivity contribution >= 4 is 17.6 Å². The lowest BCUT2D eigenvalue weighted by molar-refractivity contribution is -0.142. The molecule has 2 aliphatic rings. The van der Waals surface area contributed by atoms with Crippen LogP contribution in [-0.4, -0.2) is 60.0 Å². The van der Waals surface area contributed by atoms with Gasteiger partial charge in [-0.15, -0.1) is 0 Å². The first-order valence-electron chi connectivity index (χ1n) is 8.35. The molecule has 130 valence electrons. The van der Waals surface area contributed by atoms with Crippen LogP contribution in [0, 0.1) is 12.3 Å². The first kappa shape index (κ1) is 16.7. The third-order valence-electron chi connectivity index (χ3n) is 4.93. The molecule has 0 aromatic carbocycles. The van der Waals surface area contributed by atoms with E-state index in [0.29, 0.717) is 24.7 Å². The Balaban J connectivity index is 1.54. The highest BCUT2D eigenvalue weighted by Gasteiger charge is 2.42. The minimum absolute atomic E-state index is 0.108. The molecule has 1 fully saturated rings. The number of hydrogen-bond acceptors (Lipinski definition) is 5. The molecule has 1 spiro atoms. The molecule has 0 aliphatic carbocycles. The van der Waals surface area contributed by atoms with E-state index >= 15 is 0 Å². The van der Waals surface area contributed by atoms with Gasteiger partial charge in [0.15, 0.2) is 5.82 Å². The fourth-order valence-corrected chi connectivity index (χ4v) is 3.48. The van der Waals surface area contributed by atoms with E-state index in [0.717, 1.165) is 32.4 Å². The highest BCUT2D eigenvalue weighted by atomic mass is 16.5. The van der Waals surface area contributed by atoms with Gasteiger partial charge in [0, 0.05) is 19.7 Å². The molecule has 1 aromatic rings. The smallest absolute Gasteiger partial charge is 0.239 e. The molecule has 24 heavy (non-hydrogen) atoms. The third-order valence-corrected chi connectivity index (χ3v) is 4.93. The van der Waals surface area contributed by atoms with Gasteiger partial charge in [-0.2, -0.15) is 0 Å². The summed E-state index contributed by atoms with van der Waals surface area (Å²) < 4.78 is 4.94. The molecule has 0 bridgehead atoms. The van der Waals surface area contributed by atoms with Gasteiger partial charge in [0.1, 0.15) is 5.76 Å². The summed E-state index contributed by atoms with van der Waals surface area (Å²) in [6, 6.07) is 1.69. The Morgan fingerprint density at radius 3 is 2.79 bits per heavy atom. The lowest BCUT2D eigenvalue weighted by atomic mass is 9.74. The summed E-state index contributed by atoms with van der Waals surface area (Å²) in [5, 5.41) is 6.50. The van der Waals surface area contributed by atoms with Crippen molar-refractivity contribution in [1.82, 2.24) is 15.0 Å². The van der Waals surface area contributed by atoms with Crippen molar-refractivity contribution in [2.24, 2.45) is 5.41 Å². The fourth-order valence-electron chi connectivity index (χ4n) is 3.48. The summed E-state index contributed by atoms with van der Waals surface area (Å²) in [5.74, 6) is 1.23. The maximum atomic E-state index is 12.7. The van der Waals surface area contributed by atoms with Crippen molar-refractivity contribution in [2.45, 2.75) is 26.2 Å². The Bertz CT molecular complexity index is 644. The van der Waals surface area contributed by atoms with Crippen molar-refractivity contribution in [2.75, 3.05) is 38.5 Å². The second-order valence-electron chi connectivity index (χ2n) is 6.79. The molecule has 0 unspecified atom stereocenters. The van der Waals surface area contributed by atoms with Crippen LogP contribution in [0.1, 0.15) is 25.0 Å². The zero-order valence-electron chi connectivity index (χ0n) is 14.2. The minimum atomic E-state index is -0.294. The quantitative estimate of drug-likeness (QED) is 0.847. The molecule has 0 radical (unpaired) electrons. The number of allylic oxidation sites excluding steroid dienone is 1. The number of aryl methyl sites for hydroxylation is 1. The summed E-state index contributed by atoms with van der Waals surface area (Å²) in [5.41, 5.74) is -0.294. The normalized spacial score (nSPS) is 21.1. The van der Waals surface area contributed by atoms with E-state index in [1.807, 2.05) is 7.05 Å². The molecule has 0 atom stereocenters. The average Bonchev–Trinajstić information content (AvgIpc) is 2.91. The van der Waals surface area contributed by atoms with E-state index in [9.17, 15) is 9.59 Å². The molecule has 1 N–H and O–H groups in total. The van der Waals surface area contributed by atoms with Gasteiger partial charge in [-0.3, -0.25) is 14.5 Å². The summed E-state index contributed by atoms with van der Waals surface area (Å²) in [4.78, 5) is 28.7. The van der Waals surface area contributed by atoms with Crippen LogP contribution >= 0.6 is 0 Å². The number of hydrogen-bond donors (Lipinski definition) is 1. The standard InChI is InChI=1S/C17H24N4O3/c1-13-11-14(19-24-13)18-15(22)12-21-9-6-17(7-10-21)5-3-4-8-20(2)16(17)23/h3-4,11H,5-10,12H2,1-2H3,(H,18,19,22). The maximum absolute atomic E-state index is 12.7. The number of carbonyl (C=O) groups is 2. The predicted molar refractivity (Wildman–Crippen MR) is 89.4 cm³/mol. The first-order valence-corrected chi connectivity index (χ1v) is 8.35. The van der Waals surface area contributed by atoms with Crippen LogP contribution in [0.5, 0.6) is 0 Å². The Labute approximate surface area is 141 Å². The van der Waals surface area contributed by atoms with Gasteiger partial charge < -0.3 is 14.7 Å². The fraction of sp³-hybridized carbons (Fsp3) is 0.588. The minimum Gasteiger partial charge on any atom is -0.360 e. The van der Waals surface area contributed by atoms with Gasteiger partial charge in [-0.05, 0) is 39.3 Å². The number of aromatic nitrogens is 1. The molecular weight excluding hydrogens is 308 g/mol. The molecule has 1 saturated heterocycles. The van der Waals surface area contributed by atoms with Crippen LogP contribution < -0.4 is 5.32 Å². The second-order valence-corrected chi connectivity index (χ2v) is 6.79. The van der Waals surface area contributed by atoms with E-state index in [4.69, 9.17) is 4.52 Å². The predicted octanol–water partition coefficient (Wildman–Crippen LogP) is 1.42. The monoisotopic (exact) mass is 332 g/mol. The average molecular weight is 332 g/mol. The Kier molecular flexibility index (Phi) is 4.71. The number of carbonyl (C=O) groups excluding carboxylic acids is 2. The SMILES string of the molecule is Cc1cc(NC(=O)CN2CCC3(CC=CCN(C)C3=O)CC2)no1. The van der Waals surface area contributed by atoms with Crippen molar-refractivity contribution < 1.29 is 14.1 Å². The van der Waals surface area contributed by atoms with E-state index in [1.165, 1.54) is 0 Å². The summed E-state index contributed by atoms with van der Waals surface area (Å²) in [7, 11) is 1.86. The van der Waals surface area contributed by atoms with Crippen molar-refractivity contribution in [1.29, 1.82) is 0 Å². The van der Waals surface area contributed by atoms with E-state index in [-0.39, 0.29) is 17.2 Å². The highest BCUT2D eigenvalue weighted by Crippen LogP contribution is 2.38. The van der Waals surface area contributed by atoms with Crippen molar-refractivity contribution in [3.63, 3.8) is 0 Å². The van der Waals surface area contributed by atoms with Crippen LogP contribution in [0.15, 0.2) is 22.7 Å². The molecule has 7 nitrogen and oxygen atoms in total. The van der Waals surface area contributed by atoms with Crippen LogP contribution in [-0.2, 0) is 9.59 Å². The van der Waals surface area contributed by atoms with E-state index in [2.05, 4.69) is 27.5 Å². The van der Waals surface area contributed by atoms with Gasteiger partial charge in [-0.1, -0.05) is 17.3 Å². The zero-order chi connectivity index (χ0) is 17.2. The third kappa shape index (κ3) is 3.51. The lowest BCUT2D eigenvalue weighted by Gasteiger charge is -2.41. The summed E-state index contributed by atoms with van der Waals surface area (Å²) in [6.45, 7) is 4.27. The van der Waals surface area contributed by atoms with Gasteiger partial charge in [0.05, 0.1) is 12.0 Å². The maximum Gasteiger partial charge on any atom is 0.239 e.